The lowest BCUT2D eigenvalue weighted by molar-refractivity contribution is 0.115. The minimum Gasteiger partial charge on any atom is -0.381 e. The molecule has 0 aromatic rings. The molecule has 116 valence electrons. The van der Waals surface area contributed by atoms with E-state index in [4.69, 9.17) is 4.74 Å². The van der Waals surface area contributed by atoms with Crippen molar-refractivity contribution in [1.82, 2.24) is 10.2 Å². The molecule has 0 radical (unpaired) electrons. The van der Waals surface area contributed by atoms with Gasteiger partial charge in [-0.05, 0) is 57.5 Å². The average molecular weight is 280 g/mol. The highest BCUT2D eigenvalue weighted by molar-refractivity contribution is 4.88. The molecule has 3 heteroatoms. The summed E-state index contributed by atoms with van der Waals surface area (Å²) in [5, 5.41) is 3.85. The molecule has 3 nitrogen and oxygen atoms in total. The van der Waals surface area contributed by atoms with Gasteiger partial charge >= 0.3 is 0 Å². The van der Waals surface area contributed by atoms with E-state index in [-0.39, 0.29) is 0 Å². The van der Waals surface area contributed by atoms with Gasteiger partial charge in [-0.1, -0.05) is 19.3 Å². The van der Waals surface area contributed by atoms with Crippen molar-refractivity contribution in [2.24, 2.45) is 11.8 Å². The van der Waals surface area contributed by atoms with Crippen molar-refractivity contribution < 1.29 is 4.74 Å². The lowest BCUT2D eigenvalue weighted by Crippen LogP contribution is -2.47. The van der Waals surface area contributed by atoms with Gasteiger partial charge in [-0.25, -0.2) is 0 Å². The van der Waals surface area contributed by atoms with Crippen LogP contribution in [0.5, 0.6) is 0 Å². The van der Waals surface area contributed by atoms with E-state index < -0.39 is 0 Å². The Labute approximate surface area is 124 Å². The third-order valence-corrected chi connectivity index (χ3v) is 5.90. The lowest BCUT2D eigenvalue weighted by atomic mass is 9.83. The van der Waals surface area contributed by atoms with Crippen molar-refractivity contribution in [3.05, 3.63) is 0 Å². The predicted molar refractivity (Wildman–Crippen MR) is 82.9 cm³/mol. The number of ether oxygens (including phenoxy) is 1. The summed E-state index contributed by atoms with van der Waals surface area (Å²) >= 11 is 0. The molecule has 3 atom stereocenters. The van der Waals surface area contributed by atoms with E-state index in [1.54, 1.807) is 0 Å². The molecule has 0 amide bonds. The van der Waals surface area contributed by atoms with Crippen molar-refractivity contribution in [2.75, 3.05) is 32.8 Å². The van der Waals surface area contributed by atoms with Gasteiger partial charge in [0.15, 0.2) is 0 Å². The summed E-state index contributed by atoms with van der Waals surface area (Å²) in [5.41, 5.74) is 0. The minimum atomic E-state index is 0.698. The van der Waals surface area contributed by atoms with Crippen molar-refractivity contribution in [3.63, 3.8) is 0 Å². The Bertz CT molecular complexity index is 285. The lowest BCUT2D eigenvalue weighted by Gasteiger charge is -2.37. The second kappa shape index (κ2) is 7.24. The quantitative estimate of drug-likeness (QED) is 0.860. The number of nitrogens with one attached hydrogen (secondary N) is 1. The molecule has 0 bridgehead atoms. The monoisotopic (exact) mass is 280 g/mol. The van der Waals surface area contributed by atoms with Crippen LogP contribution in [0.2, 0.25) is 0 Å². The topological polar surface area (TPSA) is 24.5 Å². The summed E-state index contributed by atoms with van der Waals surface area (Å²) in [6.07, 6.45) is 9.84. The van der Waals surface area contributed by atoms with E-state index in [0.717, 1.165) is 31.1 Å². The maximum atomic E-state index is 5.60. The van der Waals surface area contributed by atoms with Gasteiger partial charge in [-0.15, -0.1) is 0 Å². The van der Waals surface area contributed by atoms with E-state index in [1.807, 2.05) is 0 Å². The zero-order valence-corrected chi connectivity index (χ0v) is 13.2. The van der Waals surface area contributed by atoms with Crippen LogP contribution < -0.4 is 5.32 Å². The predicted octanol–water partition coefficient (Wildman–Crippen LogP) is 2.66. The molecular weight excluding hydrogens is 248 g/mol. The van der Waals surface area contributed by atoms with Crippen LogP contribution in [-0.4, -0.2) is 49.8 Å². The molecule has 2 heterocycles. The molecule has 3 unspecified atom stereocenters. The summed E-state index contributed by atoms with van der Waals surface area (Å²) in [6.45, 7) is 8.15. The highest BCUT2D eigenvalue weighted by Crippen LogP contribution is 2.29. The van der Waals surface area contributed by atoms with Gasteiger partial charge in [0.2, 0.25) is 0 Å². The van der Waals surface area contributed by atoms with Crippen LogP contribution in [0.15, 0.2) is 0 Å². The molecule has 3 aliphatic rings. The van der Waals surface area contributed by atoms with Crippen molar-refractivity contribution in [1.29, 1.82) is 0 Å². The fourth-order valence-corrected chi connectivity index (χ4v) is 4.43. The highest BCUT2D eigenvalue weighted by Gasteiger charge is 2.32. The molecule has 0 aromatic heterocycles. The maximum Gasteiger partial charge on any atom is 0.0509 e. The number of nitrogens with zero attached hydrogens (tertiary/aromatic N) is 1. The zero-order chi connectivity index (χ0) is 13.8. The second-order valence-electron chi connectivity index (χ2n) is 7.17. The van der Waals surface area contributed by atoms with Crippen LogP contribution in [0, 0.1) is 11.8 Å². The fourth-order valence-electron chi connectivity index (χ4n) is 4.43. The van der Waals surface area contributed by atoms with Crippen LogP contribution in [0.1, 0.15) is 51.9 Å². The molecule has 20 heavy (non-hydrogen) atoms. The Morgan fingerprint density at radius 1 is 1.10 bits per heavy atom. The summed E-state index contributed by atoms with van der Waals surface area (Å²) in [7, 11) is 0. The Morgan fingerprint density at radius 2 is 1.95 bits per heavy atom. The van der Waals surface area contributed by atoms with Gasteiger partial charge in [0.05, 0.1) is 6.61 Å². The van der Waals surface area contributed by atoms with E-state index >= 15 is 0 Å². The maximum absolute atomic E-state index is 5.60. The third-order valence-electron chi connectivity index (χ3n) is 5.90. The van der Waals surface area contributed by atoms with E-state index in [2.05, 4.69) is 17.1 Å². The third kappa shape index (κ3) is 3.55. The van der Waals surface area contributed by atoms with E-state index in [1.165, 1.54) is 64.6 Å². The molecule has 1 aliphatic carbocycles. The smallest absolute Gasteiger partial charge is 0.0509 e. The normalized spacial score (nSPS) is 35.9. The summed E-state index contributed by atoms with van der Waals surface area (Å²) in [5.74, 6) is 1.69. The SMILES string of the molecule is CC(C1CCOC1)N1CCCNC(C2CCCCC2)C1. The van der Waals surface area contributed by atoms with E-state index in [9.17, 15) is 0 Å². The molecule has 2 aliphatic heterocycles. The Kier molecular flexibility index (Phi) is 5.36. The van der Waals surface area contributed by atoms with Gasteiger partial charge < -0.3 is 10.1 Å². The first kappa shape index (κ1) is 14.8. The van der Waals surface area contributed by atoms with Crippen LogP contribution >= 0.6 is 0 Å². The fraction of sp³-hybridized carbons (Fsp3) is 1.00. The number of hydrogen-bond acceptors (Lipinski definition) is 3. The van der Waals surface area contributed by atoms with Gasteiger partial charge in [-0.2, -0.15) is 0 Å². The number of hydrogen-bond donors (Lipinski definition) is 1. The van der Waals surface area contributed by atoms with Crippen LogP contribution in [-0.2, 0) is 4.74 Å². The summed E-state index contributed by atoms with van der Waals surface area (Å²) in [4.78, 5) is 2.76. The van der Waals surface area contributed by atoms with Gasteiger partial charge in [-0.3, -0.25) is 4.90 Å². The van der Waals surface area contributed by atoms with Crippen molar-refractivity contribution in [2.45, 2.75) is 64.0 Å². The molecule has 3 fully saturated rings. The standard InChI is InChI=1S/C17H32N2O/c1-14(16-8-11-20-13-16)19-10-5-9-18-17(12-19)15-6-3-2-4-7-15/h14-18H,2-13H2,1H3. The zero-order valence-electron chi connectivity index (χ0n) is 13.2. The Balaban J connectivity index is 1.58. The van der Waals surface area contributed by atoms with E-state index in [0.29, 0.717) is 6.04 Å². The Morgan fingerprint density at radius 3 is 2.70 bits per heavy atom. The molecule has 1 N–H and O–H groups in total. The van der Waals surface area contributed by atoms with Crippen LogP contribution in [0.25, 0.3) is 0 Å². The molecule has 0 aromatic carbocycles. The second-order valence-corrected chi connectivity index (χ2v) is 7.17. The van der Waals surface area contributed by atoms with Gasteiger partial charge in [0.1, 0.15) is 0 Å². The highest BCUT2D eigenvalue weighted by atomic mass is 16.5. The molecule has 3 rings (SSSR count). The molecule has 0 spiro atoms. The van der Waals surface area contributed by atoms with Crippen LogP contribution in [0.3, 0.4) is 0 Å². The first-order valence-corrected chi connectivity index (χ1v) is 8.90. The largest absolute Gasteiger partial charge is 0.381 e. The Hall–Kier alpha value is -0.120. The minimum absolute atomic E-state index is 0.698. The first-order chi connectivity index (χ1) is 9.84. The molecule has 1 saturated carbocycles. The van der Waals surface area contributed by atoms with Crippen molar-refractivity contribution >= 4 is 0 Å². The summed E-state index contributed by atoms with van der Waals surface area (Å²) < 4.78 is 5.60. The van der Waals surface area contributed by atoms with Crippen molar-refractivity contribution in [3.8, 4) is 0 Å². The van der Waals surface area contributed by atoms with Crippen LogP contribution in [0.4, 0.5) is 0 Å². The molecular formula is C17H32N2O. The summed E-state index contributed by atoms with van der Waals surface area (Å²) in [6, 6.07) is 1.44. The number of rotatable bonds is 3. The average Bonchev–Trinajstić information content (AvgIpc) is 2.92. The first-order valence-electron chi connectivity index (χ1n) is 8.90. The molecule has 2 saturated heterocycles. The van der Waals surface area contributed by atoms with Gasteiger partial charge in [0, 0.05) is 25.2 Å². The van der Waals surface area contributed by atoms with Gasteiger partial charge in [0.25, 0.3) is 0 Å².